The highest BCUT2D eigenvalue weighted by Gasteiger charge is 2.00. The third-order valence-corrected chi connectivity index (χ3v) is 3.09. The summed E-state index contributed by atoms with van der Waals surface area (Å²) >= 11 is 0. The van der Waals surface area contributed by atoms with Gasteiger partial charge in [-0.2, -0.15) is 0 Å². The van der Waals surface area contributed by atoms with Gasteiger partial charge in [-0.3, -0.25) is 4.21 Å². The maximum absolute atomic E-state index is 11.6. The first kappa shape index (κ1) is 10.4. The molecule has 0 spiro atoms. The zero-order valence-corrected chi connectivity index (χ0v) is 8.64. The maximum atomic E-state index is 11.6. The van der Waals surface area contributed by atoms with E-state index in [2.05, 4.69) is 5.32 Å². The first-order chi connectivity index (χ1) is 6.34. The van der Waals surface area contributed by atoms with Crippen molar-refractivity contribution >= 4 is 10.8 Å². The van der Waals surface area contributed by atoms with Crippen molar-refractivity contribution in [1.82, 2.24) is 5.32 Å². The van der Waals surface area contributed by atoms with E-state index in [1.807, 2.05) is 37.3 Å². The van der Waals surface area contributed by atoms with Crippen molar-refractivity contribution in [2.45, 2.75) is 11.8 Å². The van der Waals surface area contributed by atoms with Gasteiger partial charge in [-0.1, -0.05) is 25.1 Å². The summed E-state index contributed by atoms with van der Waals surface area (Å²) in [6.45, 7) is 3.80. The van der Waals surface area contributed by atoms with Gasteiger partial charge in [0.15, 0.2) is 0 Å². The lowest BCUT2D eigenvalue weighted by Crippen LogP contribution is -2.19. The molecule has 0 radical (unpaired) electrons. The Hall–Kier alpha value is -0.670. The van der Waals surface area contributed by atoms with Crippen LogP contribution < -0.4 is 5.32 Å². The third kappa shape index (κ3) is 3.70. The van der Waals surface area contributed by atoms with Crippen molar-refractivity contribution in [1.29, 1.82) is 0 Å². The summed E-state index contributed by atoms with van der Waals surface area (Å²) in [6.07, 6.45) is 0. The van der Waals surface area contributed by atoms with E-state index in [1.165, 1.54) is 0 Å². The summed E-state index contributed by atoms with van der Waals surface area (Å²) in [5.74, 6) is 0.692. The summed E-state index contributed by atoms with van der Waals surface area (Å²) in [6, 6.07) is 9.58. The highest BCUT2D eigenvalue weighted by molar-refractivity contribution is 7.85. The van der Waals surface area contributed by atoms with Crippen molar-refractivity contribution in [2.75, 3.05) is 18.8 Å². The first-order valence-electron chi connectivity index (χ1n) is 4.48. The molecular weight excluding hydrogens is 182 g/mol. The molecule has 1 unspecified atom stereocenters. The molecule has 0 saturated carbocycles. The number of benzene rings is 1. The van der Waals surface area contributed by atoms with E-state index < -0.39 is 10.8 Å². The van der Waals surface area contributed by atoms with E-state index >= 15 is 0 Å². The van der Waals surface area contributed by atoms with Gasteiger partial charge < -0.3 is 5.32 Å². The van der Waals surface area contributed by atoms with E-state index in [-0.39, 0.29) is 0 Å². The molecule has 0 aliphatic heterocycles. The number of nitrogens with one attached hydrogen (secondary N) is 1. The Morgan fingerprint density at radius 1 is 1.31 bits per heavy atom. The van der Waals surface area contributed by atoms with Crippen molar-refractivity contribution in [2.24, 2.45) is 0 Å². The molecule has 0 aromatic heterocycles. The van der Waals surface area contributed by atoms with Gasteiger partial charge in [0.1, 0.15) is 0 Å². The van der Waals surface area contributed by atoms with Crippen LogP contribution in [0.5, 0.6) is 0 Å². The van der Waals surface area contributed by atoms with Gasteiger partial charge in [-0.25, -0.2) is 0 Å². The Bertz CT molecular complexity index is 261. The predicted octanol–water partition coefficient (Wildman–Crippen LogP) is 1.40. The highest BCUT2D eigenvalue weighted by Crippen LogP contribution is 2.04. The summed E-state index contributed by atoms with van der Waals surface area (Å²) in [5, 5.41) is 3.16. The van der Waals surface area contributed by atoms with Crippen LogP contribution in [-0.4, -0.2) is 23.1 Å². The predicted molar refractivity (Wildman–Crippen MR) is 56.3 cm³/mol. The molecule has 1 aromatic rings. The molecular formula is C10H15NOS. The summed E-state index contributed by atoms with van der Waals surface area (Å²) in [7, 11) is -0.847. The number of hydrogen-bond acceptors (Lipinski definition) is 2. The van der Waals surface area contributed by atoms with Gasteiger partial charge in [0, 0.05) is 17.2 Å². The normalized spacial score (nSPS) is 12.7. The minimum Gasteiger partial charge on any atom is -0.316 e. The Balaban J connectivity index is 2.40. The summed E-state index contributed by atoms with van der Waals surface area (Å²) in [4.78, 5) is 0.917. The average molecular weight is 197 g/mol. The maximum Gasteiger partial charge on any atom is 0.0542 e. The van der Waals surface area contributed by atoms with E-state index in [1.54, 1.807) is 0 Å². The second-order valence-corrected chi connectivity index (χ2v) is 4.29. The number of hydrogen-bond donors (Lipinski definition) is 1. The van der Waals surface area contributed by atoms with Crippen LogP contribution in [0.3, 0.4) is 0 Å². The second kappa shape index (κ2) is 5.89. The molecule has 72 valence electrons. The molecule has 0 aliphatic carbocycles. The lowest BCUT2D eigenvalue weighted by atomic mass is 10.4. The Labute approximate surface area is 81.8 Å². The Morgan fingerprint density at radius 3 is 2.62 bits per heavy atom. The van der Waals surface area contributed by atoms with Gasteiger partial charge in [-0.15, -0.1) is 0 Å². The fourth-order valence-corrected chi connectivity index (χ4v) is 2.06. The SMILES string of the molecule is CCNCCS(=O)c1ccccc1. The lowest BCUT2D eigenvalue weighted by molar-refractivity contribution is 0.677. The van der Waals surface area contributed by atoms with Crippen LogP contribution in [0, 0.1) is 0 Å². The third-order valence-electron chi connectivity index (χ3n) is 1.72. The molecule has 0 heterocycles. The molecule has 0 amide bonds. The highest BCUT2D eigenvalue weighted by atomic mass is 32.2. The van der Waals surface area contributed by atoms with Gasteiger partial charge in [0.2, 0.25) is 0 Å². The fourth-order valence-electron chi connectivity index (χ4n) is 1.03. The van der Waals surface area contributed by atoms with Crippen molar-refractivity contribution < 1.29 is 4.21 Å². The minimum atomic E-state index is -0.847. The van der Waals surface area contributed by atoms with Crippen molar-refractivity contribution in [3.05, 3.63) is 30.3 Å². The van der Waals surface area contributed by atoms with E-state index in [9.17, 15) is 4.21 Å². The zero-order valence-electron chi connectivity index (χ0n) is 7.82. The van der Waals surface area contributed by atoms with Gasteiger partial charge in [0.05, 0.1) is 10.8 Å². The molecule has 3 heteroatoms. The van der Waals surface area contributed by atoms with E-state index in [4.69, 9.17) is 0 Å². The van der Waals surface area contributed by atoms with Gasteiger partial charge in [-0.05, 0) is 18.7 Å². The average Bonchev–Trinajstić information content (AvgIpc) is 2.19. The lowest BCUT2D eigenvalue weighted by Gasteiger charge is -2.01. The second-order valence-electron chi connectivity index (χ2n) is 2.72. The molecule has 0 bridgehead atoms. The standard InChI is InChI=1S/C10H15NOS/c1-2-11-8-9-13(12)10-6-4-3-5-7-10/h3-7,11H,2,8-9H2,1H3. The summed E-state index contributed by atoms with van der Waals surface area (Å²) in [5.41, 5.74) is 0. The van der Waals surface area contributed by atoms with Gasteiger partial charge >= 0.3 is 0 Å². The van der Waals surface area contributed by atoms with Crippen LogP contribution in [0.4, 0.5) is 0 Å². The topological polar surface area (TPSA) is 29.1 Å². The van der Waals surface area contributed by atoms with Gasteiger partial charge in [0.25, 0.3) is 0 Å². The molecule has 1 atom stereocenters. The van der Waals surface area contributed by atoms with Crippen LogP contribution in [0.2, 0.25) is 0 Å². The largest absolute Gasteiger partial charge is 0.316 e. The molecule has 13 heavy (non-hydrogen) atoms. The Morgan fingerprint density at radius 2 is 2.00 bits per heavy atom. The molecule has 0 fully saturated rings. The van der Waals surface area contributed by atoms with Crippen molar-refractivity contribution in [3.8, 4) is 0 Å². The zero-order chi connectivity index (χ0) is 9.52. The molecule has 2 nitrogen and oxygen atoms in total. The van der Waals surface area contributed by atoms with E-state index in [0.29, 0.717) is 5.75 Å². The number of rotatable bonds is 5. The van der Waals surface area contributed by atoms with E-state index in [0.717, 1.165) is 18.0 Å². The van der Waals surface area contributed by atoms with Crippen molar-refractivity contribution in [3.63, 3.8) is 0 Å². The van der Waals surface area contributed by atoms with Crippen LogP contribution in [0.15, 0.2) is 35.2 Å². The van der Waals surface area contributed by atoms with Crippen LogP contribution in [0.25, 0.3) is 0 Å². The molecule has 1 rings (SSSR count). The fraction of sp³-hybridized carbons (Fsp3) is 0.400. The van der Waals surface area contributed by atoms with Crippen LogP contribution >= 0.6 is 0 Å². The smallest absolute Gasteiger partial charge is 0.0542 e. The first-order valence-corrected chi connectivity index (χ1v) is 5.80. The molecule has 0 saturated heterocycles. The Kier molecular flexibility index (Phi) is 4.72. The minimum absolute atomic E-state index is 0.692. The quantitative estimate of drug-likeness (QED) is 0.723. The van der Waals surface area contributed by atoms with Crippen LogP contribution in [0.1, 0.15) is 6.92 Å². The summed E-state index contributed by atoms with van der Waals surface area (Å²) < 4.78 is 11.6. The molecule has 1 aromatic carbocycles. The molecule has 1 N–H and O–H groups in total. The monoisotopic (exact) mass is 197 g/mol. The molecule has 0 aliphatic rings. The van der Waals surface area contributed by atoms with Crippen LogP contribution in [-0.2, 0) is 10.8 Å².